The highest BCUT2D eigenvalue weighted by Crippen LogP contribution is 2.44. The molecule has 0 aromatic heterocycles. The average Bonchev–Trinajstić information content (AvgIpc) is 3.02. The Kier molecular flexibility index (Phi) is 4.37. The van der Waals surface area contributed by atoms with Crippen molar-refractivity contribution in [3.63, 3.8) is 0 Å². The molecule has 100 valence electrons. The first kappa shape index (κ1) is 14.2. The number of amides is 1. The summed E-state index contributed by atoms with van der Waals surface area (Å²) in [4.78, 5) is 11.3. The summed E-state index contributed by atoms with van der Waals surface area (Å²) in [6.07, 6.45) is -2.63. The number of carbonyl (C=O) groups excluding carboxylic acids is 1. The van der Waals surface area contributed by atoms with Gasteiger partial charge in [0, 0.05) is 18.6 Å². The summed E-state index contributed by atoms with van der Waals surface area (Å²) >= 11 is 0. The molecule has 7 heteroatoms. The molecule has 1 rings (SSSR count). The highest BCUT2D eigenvalue weighted by molar-refractivity contribution is 5.81. The quantitative estimate of drug-likeness (QED) is 0.643. The predicted octanol–water partition coefficient (Wildman–Crippen LogP) is 0.415. The van der Waals surface area contributed by atoms with Crippen molar-refractivity contribution in [3.8, 4) is 0 Å². The van der Waals surface area contributed by atoms with Crippen LogP contribution in [0.3, 0.4) is 0 Å². The summed E-state index contributed by atoms with van der Waals surface area (Å²) < 4.78 is 35.6. The lowest BCUT2D eigenvalue weighted by Gasteiger charge is -2.18. The van der Waals surface area contributed by atoms with E-state index in [0.29, 0.717) is 6.54 Å². The van der Waals surface area contributed by atoms with Gasteiger partial charge in [-0.15, -0.1) is 0 Å². The number of aliphatic hydroxyl groups is 1. The Labute approximate surface area is 97.6 Å². The number of hydrogen-bond donors (Lipinski definition) is 3. The second-order valence-electron chi connectivity index (χ2n) is 4.59. The first-order valence-corrected chi connectivity index (χ1v) is 5.47. The Morgan fingerprint density at radius 2 is 2.06 bits per heavy atom. The lowest BCUT2D eigenvalue weighted by Crippen LogP contribution is -2.46. The molecule has 1 atom stereocenters. The van der Waals surface area contributed by atoms with Gasteiger partial charge in [0.05, 0.1) is 6.04 Å². The van der Waals surface area contributed by atoms with Gasteiger partial charge in [-0.25, -0.2) is 0 Å². The van der Waals surface area contributed by atoms with E-state index in [1.54, 1.807) is 0 Å². The molecule has 1 saturated carbocycles. The fourth-order valence-electron chi connectivity index (χ4n) is 1.37. The molecule has 0 aromatic rings. The van der Waals surface area contributed by atoms with Gasteiger partial charge in [0.25, 0.3) is 0 Å². The van der Waals surface area contributed by atoms with Crippen molar-refractivity contribution >= 4 is 5.91 Å². The number of carbonyl (C=O) groups is 1. The Bertz CT molecular complexity index is 277. The molecule has 17 heavy (non-hydrogen) atoms. The molecule has 0 radical (unpaired) electrons. The van der Waals surface area contributed by atoms with Crippen LogP contribution in [0.15, 0.2) is 0 Å². The molecule has 0 bridgehead atoms. The van der Waals surface area contributed by atoms with Crippen LogP contribution in [0.5, 0.6) is 0 Å². The fraction of sp³-hybridized carbons (Fsp3) is 0.900. The Morgan fingerprint density at radius 3 is 2.47 bits per heavy atom. The molecule has 3 N–H and O–H groups in total. The maximum atomic E-state index is 11.9. The van der Waals surface area contributed by atoms with Crippen LogP contribution in [0, 0.1) is 5.41 Å². The van der Waals surface area contributed by atoms with Crippen LogP contribution >= 0.6 is 0 Å². The monoisotopic (exact) mass is 254 g/mol. The molecule has 0 aliphatic heterocycles. The average molecular weight is 254 g/mol. The molecular formula is C10H17F3N2O2. The molecule has 1 unspecified atom stereocenters. The topological polar surface area (TPSA) is 61.4 Å². The van der Waals surface area contributed by atoms with Crippen LogP contribution in [0.4, 0.5) is 13.2 Å². The van der Waals surface area contributed by atoms with E-state index in [4.69, 9.17) is 5.11 Å². The van der Waals surface area contributed by atoms with Gasteiger partial charge < -0.3 is 15.7 Å². The number of nitrogens with one attached hydrogen (secondary N) is 2. The second kappa shape index (κ2) is 5.22. The van der Waals surface area contributed by atoms with Crippen LogP contribution in [0.2, 0.25) is 0 Å². The summed E-state index contributed by atoms with van der Waals surface area (Å²) in [5.41, 5.74) is -0.168. The fourth-order valence-corrected chi connectivity index (χ4v) is 1.37. The highest BCUT2D eigenvalue weighted by Gasteiger charge is 2.42. The molecular weight excluding hydrogens is 237 g/mol. The number of rotatable bonds is 6. The molecule has 1 fully saturated rings. The summed E-state index contributed by atoms with van der Waals surface area (Å²) in [7, 11) is 0. The van der Waals surface area contributed by atoms with Crippen molar-refractivity contribution in [2.24, 2.45) is 5.41 Å². The molecule has 0 heterocycles. The van der Waals surface area contributed by atoms with E-state index < -0.39 is 24.7 Å². The molecule has 1 amide bonds. The van der Waals surface area contributed by atoms with Crippen molar-refractivity contribution in [2.75, 3.05) is 19.7 Å². The zero-order valence-corrected chi connectivity index (χ0v) is 9.60. The van der Waals surface area contributed by atoms with Gasteiger partial charge in [-0.3, -0.25) is 4.79 Å². The van der Waals surface area contributed by atoms with Crippen molar-refractivity contribution in [3.05, 3.63) is 0 Å². The molecule has 0 spiro atoms. The molecule has 4 nitrogen and oxygen atoms in total. The minimum Gasteiger partial charge on any atom is -0.396 e. The van der Waals surface area contributed by atoms with E-state index >= 15 is 0 Å². The van der Waals surface area contributed by atoms with Gasteiger partial charge in [-0.05, 0) is 19.8 Å². The first-order valence-electron chi connectivity index (χ1n) is 5.47. The molecule has 0 saturated heterocycles. The van der Waals surface area contributed by atoms with Crippen LogP contribution < -0.4 is 10.6 Å². The van der Waals surface area contributed by atoms with Crippen molar-refractivity contribution in [1.29, 1.82) is 0 Å². The molecule has 1 aliphatic carbocycles. The van der Waals surface area contributed by atoms with Crippen LogP contribution in [0.25, 0.3) is 0 Å². The van der Waals surface area contributed by atoms with E-state index in [0.717, 1.165) is 12.8 Å². The van der Waals surface area contributed by atoms with E-state index in [1.165, 1.54) is 6.92 Å². The van der Waals surface area contributed by atoms with Gasteiger partial charge >= 0.3 is 6.18 Å². The summed E-state index contributed by atoms with van der Waals surface area (Å²) in [5, 5.41) is 13.7. The van der Waals surface area contributed by atoms with Gasteiger partial charge in [0.2, 0.25) is 5.91 Å². The second-order valence-corrected chi connectivity index (χ2v) is 4.59. The van der Waals surface area contributed by atoms with Crippen molar-refractivity contribution in [1.82, 2.24) is 10.6 Å². The minimum absolute atomic E-state index is 0.0386. The van der Waals surface area contributed by atoms with Gasteiger partial charge in [0.1, 0.15) is 6.54 Å². The third kappa shape index (κ3) is 4.91. The smallest absolute Gasteiger partial charge is 0.396 e. The van der Waals surface area contributed by atoms with E-state index in [2.05, 4.69) is 5.32 Å². The minimum atomic E-state index is -4.39. The zero-order chi connectivity index (χ0) is 13.1. The Balaban J connectivity index is 2.23. The van der Waals surface area contributed by atoms with Crippen molar-refractivity contribution in [2.45, 2.75) is 32.0 Å². The van der Waals surface area contributed by atoms with Gasteiger partial charge in [-0.2, -0.15) is 13.2 Å². The zero-order valence-electron chi connectivity index (χ0n) is 9.60. The van der Waals surface area contributed by atoms with Gasteiger partial charge in [0.15, 0.2) is 0 Å². The Morgan fingerprint density at radius 1 is 1.47 bits per heavy atom. The van der Waals surface area contributed by atoms with Crippen LogP contribution in [0.1, 0.15) is 19.8 Å². The van der Waals surface area contributed by atoms with Gasteiger partial charge in [-0.1, -0.05) is 0 Å². The number of aliphatic hydroxyl groups excluding tert-OH is 1. The highest BCUT2D eigenvalue weighted by atomic mass is 19.4. The maximum absolute atomic E-state index is 11.9. The van der Waals surface area contributed by atoms with E-state index in [-0.39, 0.29) is 12.0 Å². The van der Waals surface area contributed by atoms with E-state index in [9.17, 15) is 18.0 Å². The lowest BCUT2D eigenvalue weighted by atomic mass is 10.1. The van der Waals surface area contributed by atoms with Crippen LogP contribution in [-0.2, 0) is 4.79 Å². The van der Waals surface area contributed by atoms with E-state index in [1.807, 2.05) is 5.32 Å². The third-order valence-electron chi connectivity index (χ3n) is 2.93. The largest absolute Gasteiger partial charge is 0.405 e. The van der Waals surface area contributed by atoms with Crippen LogP contribution in [-0.4, -0.2) is 42.9 Å². The summed E-state index contributed by atoms with van der Waals surface area (Å²) in [6, 6.07) is -0.693. The molecule has 1 aliphatic rings. The standard InChI is InChI=1S/C10H17F3N2O2/c1-7(8(17)15-5-10(11,12)13)14-4-9(6-16)2-3-9/h7,14,16H,2-6H2,1H3,(H,15,17). The number of halogens is 3. The maximum Gasteiger partial charge on any atom is 0.405 e. The van der Waals surface area contributed by atoms with Crippen molar-refractivity contribution < 1.29 is 23.1 Å². The number of hydrogen-bond acceptors (Lipinski definition) is 3. The normalized spacial score (nSPS) is 19.8. The Hall–Kier alpha value is -0.820. The lowest BCUT2D eigenvalue weighted by molar-refractivity contribution is -0.139. The summed E-state index contributed by atoms with van der Waals surface area (Å²) in [5.74, 6) is -0.684. The molecule has 0 aromatic carbocycles. The predicted molar refractivity (Wildman–Crippen MR) is 55.3 cm³/mol. The third-order valence-corrected chi connectivity index (χ3v) is 2.93. The SMILES string of the molecule is CC(NCC1(CO)CC1)C(=O)NCC(F)(F)F. The summed E-state index contributed by atoms with van der Waals surface area (Å²) in [6.45, 7) is 0.670. The number of alkyl halides is 3. The first-order chi connectivity index (χ1) is 7.78.